The van der Waals surface area contributed by atoms with E-state index in [1.54, 1.807) is 0 Å². The highest BCUT2D eigenvalue weighted by Gasteiger charge is 2.28. The first kappa shape index (κ1) is 13.6. The van der Waals surface area contributed by atoms with Gasteiger partial charge in [0.15, 0.2) is 0 Å². The standard InChI is InChI=1S/C16H26N2S/c1-2-5-14(4-1)12-17-9-10-18(15-7-8-15)13-16-6-3-11-19-16/h3,6,11,14-15,17H,1-2,4-5,7-10,12-13H2. The van der Waals surface area contributed by atoms with Gasteiger partial charge in [-0.3, -0.25) is 4.90 Å². The Morgan fingerprint density at radius 2 is 2.05 bits per heavy atom. The van der Waals surface area contributed by atoms with Gasteiger partial charge in [0.1, 0.15) is 0 Å². The third-order valence-corrected chi connectivity index (χ3v) is 5.35. The van der Waals surface area contributed by atoms with Gasteiger partial charge in [-0.2, -0.15) is 0 Å². The molecule has 0 amide bonds. The summed E-state index contributed by atoms with van der Waals surface area (Å²) in [6.07, 6.45) is 8.64. The molecule has 19 heavy (non-hydrogen) atoms. The van der Waals surface area contributed by atoms with Crippen LogP contribution in [0.25, 0.3) is 0 Å². The van der Waals surface area contributed by atoms with E-state index in [9.17, 15) is 0 Å². The van der Waals surface area contributed by atoms with Crippen molar-refractivity contribution in [1.82, 2.24) is 10.2 Å². The minimum atomic E-state index is 0.871. The van der Waals surface area contributed by atoms with Crippen LogP contribution in [0.4, 0.5) is 0 Å². The van der Waals surface area contributed by atoms with Crippen LogP contribution >= 0.6 is 11.3 Å². The second-order valence-corrected chi connectivity index (χ2v) is 7.17. The van der Waals surface area contributed by atoms with E-state index in [1.807, 2.05) is 11.3 Å². The number of nitrogens with zero attached hydrogens (tertiary/aromatic N) is 1. The highest BCUT2D eigenvalue weighted by molar-refractivity contribution is 7.09. The molecule has 0 aliphatic heterocycles. The molecule has 2 aliphatic carbocycles. The maximum absolute atomic E-state index is 3.68. The summed E-state index contributed by atoms with van der Waals surface area (Å²) in [5.74, 6) is 0.965. The first-order valence-electron chi connectivity index (χ1n) is 7.89. The quantitative estimate of drug-likeness (QED) is 0.732. The Morgan fingerprint density at radius 3 is 2.74 bits per heavy atom. The number of hydrogen-bond donors (Lipinski definition) is 1. The minimum absolute atomic E-state index is 0.871. The molecule has 3 rings (SSSR count). The monoisotopic (exact) mass is 278 g/mol. The van der Waals surface area contributed by atoms with Gasteiger partial charge in [0.2, 0.25) is 0 Å². The van der Waals surface area contributed by atoms with Crippen LogP contribution in [0.1, 0.15) is 43.4 Å². The zero-order valence-corrected chi connectivity index (χ0v) is 12.6. The van der Waals surface area contributed by atoms with Gasteiger partial charge in [0, 0.05) is 30.6 Å². The highest BCUT2D eigenvalue weighted by atomic mass is 32.1. The molecular weight excluding hydrogens is 252 g/mol. The average Bonchev–Trinajstić information content (AvgIpc) is 2.92. The summed E-state index contributed by atoms with van der Waals surface area (Å²) in [5, 5.41) is 5.88. The third kappa shape index (κ3) is 4.30. The van der Waals surface area contributed by atoms with Gasteiger partial charge in [-0.1, -0.05) is 18.9 Å². The lowest BCUT2D eigenvalue weighted by atomic mass is 10.1. The SMILES string of the molecule is c1csc(CN(CCNCC2CCCC2)C2CC2)c1. The van der Waals surface area contributed by atoms with E-state index in [1.165, 1.54) is 63.0 Å². The van der Waals surface area contributed by atoms with E-state index in [0.29, 0.717) is 0 Å². The number of hydrogen-bond acceptors (Lipinski definition) is 3. The van der Waals surface area contributed by atoms with Crippen LogP contribution < -0.4 is 5.32 Å². The lowest BCUT2D eigenvalue weighted by molar-refractivity contribution is 0.254. The molecule has 0 unspecified atom stereocenters. The van der Waals surface area contributed by atoms with E-state index in [-0.39, 0.29) is 0 Å². The van der Waals surface area contributed by atoms with E-state index >= 15 is 0 Å². The van der Waals surface area contributed by atoms with E-state index < -0.39 is 0 Å². The molecule has 0 spiro atoms. The van der Waals surface area contributed by atoms with Crippen molar-refractivity contribution in [3.8, 4) is 0 Å². The van der Waals surface area contributed by atoms with Crippen LogP contribution in [-0.4, -0.2) is 30.6 Å². The van der Waals surface area contributed by atoms with Crippen molar-refractivity contribution in [2.24, 2.45) is 5.92 Å². The lowest BCUT2D eigenvalue weighted by Gasteiger charge is -2.22. The maximum Gasteiger partial charge on any atom is 0.0331 e. The Kier molecular flexibility index (Phi) is 4.91. The summed E-state index contributed by atoms with van der Waals surface area (Å²) in [6.45, 7) is 4.79. The summed E-state index contributed by atoms with van der Waals surface area (Å²) in [4.78, 5) is 4.19. The third-order valence-electron chi connectivity index (χ3n) is 4.49. The number of thiophene rings is 1. The van der Waals surface area contributed by atoms with Crippen molar-refractivity contribution >= 4 is 11.3 Å². The van der Waals surface area contributed by atoms with Crippen LogP contribution in [0.2, 0.25) is 0 Å². The van der Waals surface area contributed by atoms with Crippen LogP contribution in [0.3, 0.4) is 0 Å². The Labute approximate surface area is 121 Å². The second kappa shape index (κ2) is 6.87. The first-order valence-corrected chi connectivity index (χ1v) is 8.77. The predicted molar refractivity (Wildman–Crippen MR) is 82.6 cm³/mol. The summed E-state index contributed by atoms with van der Waals surface area (Å²) >= 11 is 1.89. The van der Waals surface area contributed by atoms with Gasteiger partial charge in [-0.25, -0.2) is 0 Å². The normalized spacial score (nSPS) is 20.5. The molecule has 1 N–H and O–H groups in total. The molecule has 0 saturated heterocycles. The molecule has 106 valence electrons. The minimum Gasteiger partial charge on any atom is -0.315 e. The van der Waals surface area contributed by atoms with Crippen molar-refractivity contribution < 1.29 is 0 Å². The topological polar surface area (TPSA) is 15.3 Å². The summed E-state index contributed by atoms with van der Waals surface area (Å²) in [6, 6.07) is 5.31. The predicted octanol–water partition coefficient (Wildman–Crippen LogP) is 3.49. The summed E-state index contributed by atoms with van der Waals surface area (Å²) < 4.78 is 0. The molecule has 1 aromatic heterocycles. The Bertz CT molecular complexity index is 353. The van der Waals surface area contributed by atoms with Gasteiger partial charge in [0.05, 0.1) is 0 Å². The zero-order chi connectivity index (χ0) is 12.9. The number of rotatable bonds is 8. The second-order valence-electron chi connectivity index (χ2n) is 6.14. The molecule has 0 radical (unpaired) electrons. The highest BCUT2D eigenvalue weighted by Crippen LogP contribution is 2.28. The van der Waals surface area contributed by atoms with Crippen molar-refractivity contribution in [2.45, 2.75) is 51.1 Å². The van der Waals surface area contributed by atoms with E-state index in [4.69, 9.17) is 0 Å². The fraction of sp³-hybridized carbons (Fsp3) is 0.750. The van der Waals surface area contributed by atoms with Gasteiger partial charge >= 0.3 is 0 Å². The van der Waals surface area contributed by atoms with Crippen LogP contribution in [0, 0.1) is 5.92 Å². The van der Waals surface area contributed by atoms with Crippen LogP contribution in [0.15, 0.2) is 17.5 Å². The fourth-order valence-corrected chi connectivity index (χ4v) is 3.91. The van der Waals surface area contributed by atoms with Gasteiger partial charge in [-0.15, -0.1) is 11.3 Å². The van der Waals surface area contributed by atoms with Crippen LogP contribution in [0.5, 0.6) is 0 Å². The molecule has 1 heterocycles. The molecule has 1 aromatic rings. The van der Waals surface area contributed by atoms with Crippen molar-refractivity contribution in [3.05, 3.63) is 22.4 Å². The zero-order valence-electron chi connectivity index (χ0n) is 11.8. The average molecular weight is 278 g/mol. The molecule has 0 atom stereocenters. The van der Waals surface area contributed by atoms with Gasteiger partial charge in [0.25, 0.3) is 0 Å². The Morgan fingerprint density at radius 1 is 1.21 bits per heavy atom. The van der Waals surface area contributed by atoms with Crippen LogP contribution in [-0.2, 0) is 6.54 Å². The smallest absolute Gasteiger partial charge is 0.0331 e. The van der Waals surface area contributed by atoms with E-state index in [0.717, 1.165) is 18.5 Å². The molecule has 2 saturated carbocycles. The van der Waals surface area contributed by atoms with Crippen molar-refractivity contribution in [1.29, 1.82) is 0 Å². The molecule has 0 aromatic carbocycles. The maximum atomic E-state index is 3.68. The summed E-state index contributed by atoms with van der Waals surface area (Å²) in [7, 11) is 0. The molecular formula is C16H26N2S. The molecule has 3 heteroatoms. The van der Waals surface area contributed by atoms with Gasteiger partial charge < -0.3 is 5.32 Å². The van der Waals surface area contributed by atoms with Gasteiger partial charge in [-0.05, 0) is 49.6 Å². The first-order chi connectivity index (χ1) is 9.42. The largest absolute Gasteiger partial charge is 0.315 e. The van der Waals surface area contributed by atoms with Crippen molar-refractivity contribution in [3.63, 3.8) is 0 Å². The molecule has 0 bridgehead atoms. The Balaban J connectivity index is 1.36. The fourth-order valence-electron chi connectivity index (χ4n) is 3.18. The van der Waals surface area contributed by atoms with Crippen molar-refractivity contribution in [2.75, 3.05) is 19.6 Å². The molecule has 2 nitrogen and oxygen atoms in total. The molecule has 2 fully saturated rings. The lowest BCUT2D eigenvalue weighted by Crippen LogP contribution is -2.34. The Hall–Kier alpha value is -0.380. The van der Waals surface area contributed by atoms with E-state index in [2.05, 4.69) is 27.7 Å². The summed E-state index contributed by atoms with van der Waals surface area (Å²) in [5.41, 5.74) is 0. The number of nitrogens with one attached hydrogen (secondary N) is 1. The molecule has 2 aliphatic rings.